The van der Waals surface area contributed by atoms with E-state index < -0.39 is 65.1 Å². The topological polar surface area (TPSA) is 192 Å². The molecule has 5 atom stereocenters. The molecule has 4 amide bonds. The standard InChI is InChI=1S/C46H72N6O8/c1-10-34(31(2)3)25-39(53)37(24-33-19-15-12-16-20-33)50-43(57)38(27-36-28-47-30-49-36)51-42(56)35(23-32-17-13-11-14-18-32)26-40(54)48-21-22-52(44(58)60-46(7,8)9)29-41(55)59-45(4,5)6/h10-11,13-14,17-18,28,30-31,33-35,37-39,53H,1,12,15-16,19-27,29H2,2-9H3,(H,47,49)(H,48,54)(H,50,57)(H,51,56)/t34-,35?,37-,38-,39-/m0/s1. The van der Waals surface area contributed by atoms with Gasteiger partial charge in [-0.15, -0.1) is 6.58 Å². The van der Waals surface area contributed by atoms with E-state index in [1.54, 1.807) is 47.7 Å². The Morgan fingerprint density at radius 3 is 2.20 bits per heavy atom. The molecule has 2 aromatic rings. The maximum atomic E-state index is 14.3. The van der Waals surface area contributed by atoms with Crippen LogP contribution in [0.3, 0.4) is 0 Å². The molecule has 0 aliphatic heterocycles. The van der Waals surface area contributed by atoms with Crippen molar-refractivity contribution in [3.8, 4) is 0 Å². The maximum Gasteiger partial charge on any atom is 0.410 e. The van der Waals surface area contributed by atoms with Crippen molar-refractivity contribution in [1.29, 1.82) is 0 Å². The van der Waals surface area contributed by atoms with Crippen molar-refractivity contribution in [2.24, 2.45) is 23.7 Å². The Balaban J connectivity index is 1.81. The Hall–Kier alpha value is -4.72. The lowest BCUT2D eigenvalue weighted by atomic mass is 9.81. The van der Waals surface area contributed by atoms with Crippen LogP contribution in [0.1, 0.15) is 118 Å². The molecule has 1 heterocycles. The second-order valence-electron chi connectivity index (χ2n) is 18.6. The van der Waals surface area contributed by atoms with E-state index in [2.05, 4.69) is 46.3 Å². The first-order chi connectivity index (χ1) is 28.2. The van der Waals surface area contributed by atoms with Crippen LogP contribution in [0.15, 0.2) is 55.5 Å². The molecule has 1 aromatic heterocycles. The second-order valence-corrected chi connectivity index (χ2v) is 18.6. The number of benzene rings is 1. The predicted octanol–water partition coefficient (Wildman–Crippen LogP) is 6.05. The number of rotatable bonds is 22. The molecular formula is C46H72N6O8. The number of hydrogen-bond acceptors (Lipinski definition) is 9. The number of aliphatic hydroxyl groups excluding tert-OH is 1. The molecule has 1 unspecified atom stereocenters. The van der Waals surface area contributed by atoms with Gasteiger partial charge in [-0.3, -0.25) is 24.1 Å². The number of carbonyl (C=O) groups is 5. The number of aliphatic hydroxyl groups is 1. The molecule has 3 rings (SSSR count). The van der Waals surface area contributed by atoms with Gasteiger partial charge in [-0.25, -0.2) is 9.78 Å². The van der Waals surface area contributed by atoms with Gasteiger partial charge >= 0.3 is 12.1 Å². The van der Waals surface area contributed by atoms with Crippen LogP contribution in [-0.4, -0.2) is 98.8 Å². The summed E-state index contributed by atoms with van der Waals surface area (Å²) >= 11 is 0. The van der Waals surface area contributed by atoms with Gasteiger partial charge in [0.15, 0.2) is 0 Å². The molecule has 1 saturated carbocycles. The molecule has 0 bridgehead atoms. The molecule has 1 aliphatic carbocycles. The van der Waals surface area contributed by atoms with Crippen LogP contribution < -0.4 is 16.0 Å². The third-order valence-electron chi connectivity index (χ3n) is 10.6. The summed E-state index contributed by atoms with van der Waals surface area (Å²) in [6, 6.07) is 7.71. The molecule has 334 valence electrons. The molecule has 14 heteroatoms. The number of carbonyl (C=O) groups excluding carboxylic acids is 5. The number of H-pyrrole nitrogens is 1. The normalized spacial score (nSPS) is 16.1. The van der Waals surface area contributed by atoms with Gasteiger partial charge in [-0.05, 0) is 84.1 Å². The number of allylic oxidation sites excluding steroid dienone is 1. The van der Waals surface area contributed by atoms with Crippen molar-refractivity contribution in [2.45, 2.75) is 149 Å². The van der Waals surface area contributed by atoms with Crippen LogP contribution in [0.2, 0.25) is 0 Å². The summed E-state index contributed by atoms with van der Waals surface area (Å²) in [5.74, 6) is -2.22. The van der Waals surface area contributed by atoms with Gasteiger partial charge in [0.1, 0.15) is 23.8 Å². The lowest BCUT2D eigenvalue weighted by Gasteiger charge is -2.33. The predicted molar refractivity (Wildman–Crippen MR) is 231 cm³/mol. The molecule has 1 aromatic carbocycles. The van der Waals surface area contributed by atoms with Gasteiger partial charge in [0.05, 0.1) is 24.4 Å². The summed E-state index contributed by atoms with van der Waals surface area (Å²) in [6.45, 7) is 18.0. The molecule has 1 aliphatic rings. The lowest BCUT2D eigenvalue weighted by molar-refractivity contribution is -0.156. The van der Waals surface area contributed by atoms with Crippen molar-refractivity contribution in [2.75, 3.05) is 19.6 Å². The van der Waals surface area contributed by atoms with E-state index in [-0.39, 0.29) is 50.7 Å². The highest BCUT2D eigenvalue weighted by Gasteiger charge is 2.33. The summed E-state index contributed by atoms with van der Waals surface area (Å²) < 4.78 is 10.9. The van der Waals surface area contributed by atoms with Crippen molar-refractivity contribution in [3.05, 3.63) is 66.8 Å². The smallest absolute Gasteiger partial charge is 0.410 e. The lowest BCUT2D eigenvalue weighted by Crippen LogP contribution is -2.55. The minimum Gasteiger partial charge on any atom is -0.459 e. The number of imidazole rings is 1. The van der Waals surface area contributed by atoms with Crippen molar-refractivity contribution >= 4 is 29.8 Å². The maximum absolute atomic E-state index is 14.3. The molecule has 0 saturated heterocycles. The zero-order valence-corrected chi connectivity index (χ0v) is 37.3. The van der Waals surface area contributed by atoms with Crippen LogP contribution in [0, 0.1) is 23.7 Å². The number of hydrogen-bond donors (Lipinski definition) is 5. The highest BCUT2D eigenvalue weighted by atomic mass is 16.6. The van der Waals surface area contributed by atoms with Crippen molar-refractivity contribution in [1.82, 2.24) is 30.8 Å². The Morgan fingerprint density at radius 1 is 0.950 bits per heavy atom. The van der Waals surface area contributed by atoms with Crippen LogP contribution in [0.5, 0.6) is 0 Å². The number of ether oxygens (including phenoxy) is 2. The fourth-order valence-electron chi connectivity index (χ4n) is 7.45. The van der Waals surface area contributed by atoms with Crippen molar-refractivity contribution < 1.29 is 38.6 Å². The van der Waals surface area contributed by atoms with Gasteiger partial charge in [0, 0.05) is 37.8 Å². The fourth-order valence-corrected chi connectivity index (χ4v) is 7.45. The zero-order valence-electron chi connectivity index (χ0n) is 37.3. The van der Waals surface area contributed by atoms with E-state index in [4.69, 9.17) is 9.47 Å². The van der Waals surface area contributed by atoms with Crippen molar-refractivity contribution in [3.63, 3.8) is 0 Å². The SMILES string of the molecule is C=C[C@@H](C[C@H](O)[C@H](CC1CCCCC1)NC(=O)[C@H](Cc1cnc[nH]1)NC(=O)C(CC(=O)NCCN(CC(=O)OC(C)(C)C)C(=O)OC(C)(C)C)Cc1ccccc1)C(C)C. The molecule has 60 heavy (non-hydrogen) atoms. The highest BCUT2D eigenvalue weighted by Crippen LogP contribution is 2.30. The minimum absolute atomic E-state index is 0.0281. The van der Waals surface area contributed by atoms with Crippen LogP contribution in [0.4, 0.5) is 4.79 Å². The zero-order chi connectivity index (χ0) is 44.5. The summed E-state index contributed by atoms with van der Waals surface area (Å²) in [7, 11) is 0. The Kier molecular flexibility index (Phi) is 19.8. The third kappa shape index (κ3) is 18.7. The Morgan fingerprint density at radius 2 is 1.62 bits per heavy atom. The van der Waals surface area contributed by atoms with Gasteiger partial charge in [0.2, 0.25) is 17.7 Å². The van der Waals surface area contributed by atoms with Gasteiger partial charge in [-0.2, -0.15) is 0 Å². The van der Waals surface area contributed by atoms with E-state index in [0.29, 0.717) is 24.5 Å². The molecule has 0 spiro atoms. The number of esters is 1. The number of nitrogens with zero attached hydrogens (tertiary/aromatic N) is 2. The molecule has 14 nitrogen and oxygen atoms in total. The van der Waals surface area contributed by atoms with Gasteiger partial charge in [-0.1, -0.05) is 82.4 Å². The molecule has 5 N–H and O–H groups in total. The van der Waals surface area contributed by atoms with E-state index in [1.807, 2.05) is 36.4 Å². The highest BCUT2D eigenvalue weighted by molar-refractivity contribution is 5.91. The number of nitrogens with one attached hydrogen (secondary N) is 4. The summed E-state index contributed by atoms with van der Waals surface area (Å²) in [4.78, 5) is 76.2. The van der Waals surface area contributed by atoms with Gasteiger partial charge in [0.25, 0.3) is 0 Å². The Bertz CT molecular complexity index is 1650. The average Bonchev–Trinajstić information content (AvgIpc) is 3.68. The summed E-state index contributed by atoms with van der Waals surface area (Å²) in [5, 5.41) is 20.5. The largest absolute Gasteiger partial charge is 0.459 e. The third-order valence-corrected chi connectivity index (χ3v) is 10.6. The van der Waals surface area contributed by atoms with Crippen LogP contribution >= 0.6 is 0 Å². The first-order valence-corrected chi connectivity index (χ1v) is 21.6. The quantitative estimate of drug-likeness (QED) is 0.0695. The number of aromatic nitrogens is 2. The molecular weight excluding hydrogens is 765 g/mol. The number of amides is 4. The van der Waals surface area contributed by atoms with Crippen LogP contribution in [0.25, 0.3) is 0 Å². The average molecular weight is 837 g/mol. The summed E-state index contributed by atoms with van der Waals surface area (Å²) in [5.41, 5.74) is -0.136. The first kappa shape index (κ1) is 49.6. The summed E-state index contributed by atoms with van der Waals surface area (Å²) in [6.07, 6.45) is 10.0. The Labute approximate surface area is 357 Å². The monoisotopic (exact) mass is 837 g/mol. The van der Waals surface area contributed by atoms with Gasteiger partial charge < -0.3 is 35.5 Å². The second kappa shape index (κ2) is 23.9. The van der Waals surface area contributed by atoms with E-state index >= 15 is 0 Å². The van der Waals surface area contributed by atoms with E-state index in [1.165, 1.54) is 17.6 Å². The first-order valence-electron chi connectivity index (χ1n) is 21.6. The number of aromatic amines is 1. The van der Waals surface area contributed by atoms with Crippen LogP contribution in [-0.2, 0) is 41.5 Å². The molecule has 0 radical (unpaired) electrons. The van der Waals surface area contributed by atoms with E-state index in [0.717, 1.165) is 31.2 Å². The minimum atomic E-state index is -1.05. The van der Waals surface area contributed by atoms with E-state index in [9.17, 15) is 29.1 Å². The fraction of sp³-hybridized carbons (Fsp3) is 0.652. The molecule has 1 fully saturated rings.